The summed E-state index contributed by atoms with van der Waals surface area (Å²) in [4.78, 5) is 27.1. The number of nitrogens with zero attached hydrogens (tertiary/aromatic N) is 2. The van der Waals surface area contributed by atoms with Gasteiger partial charge >= 0.3 is 0 Å². The number of carbonyl (C=O) groups is 1. The van der Waals surface area contributed by atoms with Gasteiger partial charge in [0.1, 0.15) is 11.4 Å². The zero-order valence-electron chi connectivity index (χ0n) is 9.55. The Labute approximate surface area is 102 Å². The molecule has 5 nitrogen and oxygen atoms in total. The Morgan fingerprint density at radius 3 is 2.50 bits per heavy atom. The SMILES string of the molecule is CC(=O)c1cnc(N)n(-c2ccc(F)cc2)c1=O. The molecule has 2 rings (SSSR count). The number of hydrogen-bond acceptors (Lipinski definition) is 4. The fourth-order valence-electron chi connectivity index (χ4n) is 1.55. The monoisotopic (exact) mass is 247 g/mol. The number of halogens is 1. The van der Waals surface area contributed by atoms with Gasteiger partial charge in [-0.15, -0.1) is 0 Å². The maximum absolute atomic E-state index is 12.8. The zero-order valence-corrected chi connectivity index (χ0v) is 9.55. The van der Waals surface area contributed by atoms with Crippen LogP contribution >= 0.6 is 0 Å². The maximum atomic E-state index is 12.8. The molecule has 0 radical (unpaired) electrons. The highest BCUT2D eigenvalue weighted by Crippen LogP contribution is 2.10. The molecule has 2 N–H and O–H groups in total. The minimum atomic E-state index is -0.568. The molecule has 0 saturated heterocycles. The van der Waals surface area contributed by atoms with Crippen LogP contribution in [0.4, 0.5) is 10.3 Å². The number of Topliss-reactive ketones (excluding diaryl/α,β-unsaturated/α-hetero) is 1. The van der Waals surface area contributed by atoms with Gasteiger partial charge in [-0.3, -0.25) is 9.59 Å². The highest BCUT2D eigenvalue weighted by Gasteiger charge is 2.12. The Balaban J connectivity index is 2.71. The Morgan fingerprint density at radius 2 is 1.94 bits per heavy atom. The molecule has 0 fully saturated rings. The average molecular weight is 247 g/mol. The normalized spacial score (nSPS) is 10.3. The van der Waals surface area contributed by atoms with Crippen molar-refractivity contribution in [1.29, 1.82) is 0 Å². The molecule has 0 aliphatic carbocycles. The summed E-state index contributed by atoms with van der Waals surface area (Å²) in [6.45, 7) is 1.27. The van der Waals surface area contributed by atoms with E-state index in [1.807, 2.05) is 0 Å². The molecule has 92 valence electrons. The number of nitrogens with two attached hydrogens (primary N) is 1. The summed E-state index contributed by atoms with van der Waals surface area (Å²) in [6, 6.07) is 5.17. The van der Waals surface area contributed by atoms with Gasteiger partial charge in [-0.25, -0.2) is 13.9 Å². The van der Waals surface area contributed by atoms with Crippen molar-refractivity contribution >= 4 is 11.7 Å². The molecule has 0 unspecified atom stereocenters. The van der Waals surface area contributed by atoms with Gasteiger partial charge in [0.15, 0.2) is 5.78 Å². The van der Waals surface area contributed by atoms with Crippen molar-refractivity contribution in [3.63, 3.8) is 0 Å². The number of anilines is 1. The number of ketones is 1. The van der Waals surface area contributed by atoms with Gasteiger partial charge in [-0.05, 0) is 31.2 Å². The molecule has 0 atom stereocenters. The molecule has 1 heterocycles. The molecule has 0 amide bonds. The van der Waals surface area contributed by atoms with Crippen molar-refractivity contribution in [2.45, 2.75) is 6.92 Å². The predicted molar refractivity (Wildman–Crippen MR) is 64.2 cm³/mol. The predicted octanol–water partition coefficient (Wildman–Crippen LogP) is 1.16. The number of rotatable bonds is 2. The zero-order chi connectivity index (χ0) is 13.3. The van der Waals surface area contributed by atoms with E-state index in [0.717, 1.165) is 10.8 Å². The third-order valence-electron chi connectivity index (χ3n) is 2.45. The summed E-state index contributed by atoms with van der Waals surface area (Å²) in [5.74, 6) is -0.888. The second-order valence-corrected chi connectivity index (χ2v) is 3.70. The topological polar surface area (TPSA) is 78.0 Å². The van der Waals surface area contributed by atoms with Crippen LogP contribution in [0.25, 0.3) is 5.69 Å². The summed E-state index contributed by atoms with van der Waals surface area (Å²) in [7, 11) is 0. The third kappa shape index (κ3) is 2.00. The van der Waals surface area contributed by atoms with Crippen LogP contribution in [0.15, 0.2) is 35.3 Å². The van der Waals surface area contributed by atoms with E-state index in [1.165, 1.54) is 31.2 Å². The summed E-state index contributed by atoms with van der Waals surface area (Å²) in [5, 5.41) is 0. The molecular formula is C12H10FN3O2. The molecule has 2 aromatic rings. The van der Waals surface area contributed by atoms with E-state index in [-0.39, 0.29) is 11.5 Å². The van der Waals surface area contributed by atoms with Gasteiger partial charge in [-0.2, -0.15) is 0 Å². The van der Waals surface area contributed by atoms with Gasteiger partial charge in [0, 0.05) is 6.20 Å². The number of carbonyl (C=O) groups excluding carboxylic acids is 1. The minimum absolute atomic E-state index is 0.0587. The fourth-order valence-corrected chi connectivity index (χ4v) is 1.55. The number of benzene rings is 1. The van der Waals surface area contributed by atoms with Crippen LogP contribution in [-0.2, 0) is 0 Å². The molecule has 0 aliphatic rings. The quantitative estimate of drug-likeness (QED) is 0.807. The third-order valence-corrected chi connectivity index (χ3v) is 2.45. The van der Waals surface area contributed by atoms with Gasteiger partial charge in [0.2, 0.25) is 5.95 Å². The summed E-state index contributed by atoms with van der Waals surface area (Å²) < 4.78 is 13.9. The van der Waals surface area contributed by atoms with Crippen molar-refractivity contribution in [3.05, 3.63) is 52.2 Å². The van der Waals surface area contributed by atoms with Crippen LogP contribution in [0.5, 0.6) is 0 Å². The van der Waals surface area contributed by atoms with E-state index in [4.69, 9.17) is 5.73 Å². The lowest BCUT2D eigenvalue weighted by molar-refractivity contribution is 0.101. The number of nitrogen functional groups attached to an aromatic ring is 1. The highest BCUT2D eigenvalue weighted by atomic mass is 19.1. The highest BCUT2D eigenvalue weighted by molar-refractivity contribution is 5.93. The van der Waals surface area contributed by atoms with Crippen molar-refractivity contribution in [3.8, 4) is 5.69 Å². The second-order valence-electron chi connectivity index (χ2n) is 3.70. The lowest BCUT2D eigenvalue weighted by atomic mass is 10.2. The van der Waals surface area contributed by atoms with Crippen molar-refractivity contribution in [2.75, 3.05) is 5.73 Å². The molecule has 0 saturated carbocycles. The molecular weight excluding hydrogens is 237 g/mol. The Morgan fingerprint density at radius 1 is 1.33 bits per heavy atom. The van der Waals surface area contributed by atoms with E-state index >= 15 is 0 Å². The van der Waals surface area contributed by atoms with Gasteiger partial charge in [-0.1, -0.05) is 0 Å². The smallest absolute Gasteiger partial charge is 0.270 e. The van der Waals surface area contributed by atoms with Crippen LogP contribution in [0, 0.1) is 5.82 Å². The Hall–Kier alpha value is -2.50. The van der Waals surface area contributed by atoms with Crippen molar-refractivity contribution < 1.29 is 9.18 Å². The van der Waals surface area contributed by atoms with E-state index in [9.17, 15) is 14.0 Å². The molecule has 18 heavy (non-hydrogen) atoms. The molecule has 1 aromatic heterocycles. The first-order chi connectivity index (χ1) is 8.50. The van der Waals surface area contributed by atoms with Crippen LogP contribution < -0.4 is 11.3 Å². The second kappa shape index (κ2) is 4.40. The van der Waals surface area contributed by atoms with Crippen molar-refractivity contribution in [2.24, 2.45) is 0 Å². The largest absolute Gasteiger partial charge is 0.369 e. The Kier molecular flexibility index (Phi) is 2.93. The molecule has 0 aliphatic heterocycles. The standard InChI is InChI=1S/C12H10FN3O2/c1-7(17)10-6-15-12(14)16(11(10)18)9-4-2-8(13)3-5-9/h2-6H,1H3,(H2,14,15). The van der Waals surface area contributed by atoms with Crippen molar-refractivity contribution in [1.82, 2.24) is 9.55 Å². The molecule has 6 heteroatoms. The van der Waals surface area contributed by atoms with Gasteiger partial charge in [0.05, 0.1) is 5.69 Å². The minimum Gasteiger partial charge on any atom is -0.369 e. The van der Waals surface area contributed by atoms with Crippen LogP contribution in [0.2, 0.25) is 0 Å². The molecule has 1 aromatic carbocycles. The molecule has 0 spiro atoms. The lowest BCUT2D eigenvalue weighted by Gasteiger charge is -2.09. The summed E-state index contributed by atoms with van der Waals surface area (Å²) >= 11 is 0. The lowest BCUT2D eigenvalue weighted by Crippen LogP contribution is -2.27. The van der Waals surface area contributed by atoms with E-state index in [2.05, 4.69) is 4.98 Å². The molecule has 0 bridgehead atoms. The first-order valence-electron chi connectivity index (χ1n) is 5.15. The Bertz CT molecular complexity index is 662. The van der Waals surface area contributed by atoms with Gasteiger partial charge < -0.3 is 5.73 Å². The average Bonchev–Trinajstić information content (AvgIpc) is 2.31. The summed E-state index contributed by atoms with van der Waals surface area (Å²) in [5.41, 5.74) is 5.33. The number of hydrogen-bond donors (Lipinski definition) is 1. The fraction of sp³-hybridized carbons (Fsp3) is 0.0833. The van der Waals surface area contributed by atoms with Crippen LogP contribution in [0.3, 0.4) is 0 Å². The van der Waals surface area contributed by atoms with Gasteiger partial charge in [0.25, 0.3) is 5.56 Å². The van der Waals surface area contributed by atoms with E-state index in [0.29, 0.717) is 5.69 Å². The first-order valence-corrected chi connectivity index (χ1v) is 5.15. The summed E-state index contributed by atoms with van der Waals surface area (Å²) in [6.07, 6.45) is 1.14. The first kappa shape index (κ1) is 12.0. The van der Waals surface area contributed by atoms with Crippen LogP contribution in [0.1, 0.15) is 17.3 Å². The number of aromatic nitrogens is 2. The van der Waals surface area contributed by atoms with Crippen LogP contribution in [-0.4, -0.2) is 15.3 Å². The maximum Gasteiger partial charge on any atom is 0.270 e. The van der Waals surface area contributed by atoms with E-state index in [1.54, 1.807) is 0 Å². The van der Waals surface area contributed by atoms with E-state index < -0.39 is 17.2 Å².